The quantitative estimate of drug-likeness (QED) is 0.840. The lowest BCUT2D eigenvalue weighted by molar-refractivity contribution is 0.137. The predicted octanol–water partition coefficient (Wildman–Crippen LogP) is 1.88. The van der Waals surface area contributed by atoms with Crippen molar-refractivity contribution in [2.45, 2.75) is 11.4 Å². The van der Waals surface area contributed by atoms with Crippen LogP contribution in [0.25, 0.3) is 0 Å². The number of piperazine rings is 1. The normalized spacial score (nSPS) is 15.9. The van der Waals surface area contributed by atoms with E-state index in [-0.39, 0.29) is 10.9 Å². The number of carbonyl (C=O) groups is 1. The van der Waals surface area contributed by atoms with E-state index in [9.17, 15) is 13.2 Å². The molecule has 0 saturated carbocycles. The number of hydrogen-bond donors (Lipinski definition) is 1. The lowest BCUT2D eigenvalue weighted by Gasteiger charge is -2.34. The van der Waals surface area contributed by atoms with Crippen LogP contribution in [0, 0.1) is 0 Å². The first kappa shape index (κ1) is 19.4. The number of amides is 2. The average Bonchev–Trinajstić information content (AvgIpc) is 3.15. The largest absolute Gasteiger partial charge is 0.468 e. The molecule has 1 N–H and O–H groups in total. The van der Waals surface area contributed by atoms with Crippen LogP contribution in [0.15, 0.2) is 52.0 Å². The molecule has 146 valence electrons. The second-order valence-electron chi connectivity index (χ2n) is 6.59. The third-order valence-corrected chi connectivity index (χ3v) is 6.29. The highest BCUT2D eigenvalue weighted by atomic mass is 32.2. The van der Waals surface area contributed by atoms with Crippen LogP contribution >= 0.6 is 0 Å². The standard InChI is InChI=1S/C18H24N4O4S/c1-20(2)27(24,25)17-7-3-5-15(13-17)19-18(23)22-10-8-21(9-11-22)14-16-6-4-12-26-16/h3-7,12-13H,8-11,14H2,1-2H3,(H,19,23). The van der Waals surface area contributed by atoms with Gasteiger partial charge >= 0.3 is 6.03 Å². The van der Waals surface area contributed by atoms with Crippen LogP contribution in [0.5, 0.6) is 0 Å². The number of urea groups is 1. The summed E-state index contributed by atoms with van der Waals surface area (Å²) >= 11 is 0. The van der Waals surface area contributed by atoms with Crippen LogP contribution in [-0.2, 0) is 16.6 Å². The summed E-state index contributed by atoms with van der Waals surface area (Å²) in [6.45, 7) is 3.43. The van der Waals surface area contributed by atoms with Crippen molar-refractivity contribution >= 4 is 21.7 Å². The van der Waals surface area contributed by atoms with Gasteiger partial charge in [0.05, 0.1) is 17.7 Å². The number of hydrogen-bond acceptors (Lipinski definition) is 5. The van der Waals surface area contributed by atoms with Crippen molar-refractivity contribution in [1.29, 1.82) is 0 Å². The van der Waals surface area contributed by atoms with Gasteiger partial charge in [-0.1, -0.05) is 6.07 Å². The summed E-state index contributed by atoms with van der Waals surface area (Å²) in [6, 6.07) is 9.86. The highest BCUT2D eigenvalue weighted by molar-refractivity contribution is 7.89. The Morgan fingerprint density at radius 3 is 2.52 bits per heavy atom. The molecule has 2 amide bonds. The highest BCUT2D eigenvalue weighted by Crippen LogP contribution is 2.18. The Morgan fingerprint density at radius 1 is 1.15 bits per heavy atom. The Bertz CT molecular complexity index is 873. The van der Waals surface area contributed by atoms with E-state index in [1.165, 1.54) is 26.2 Å². The Labute approximate surface area is 159 Å². The Kier molecular flexibility index (Phi) is 5.83. The molecule has 3 rings (SSSR count). The number of anilines is 1. The van der Waals surface area contributed by atoms with Crippen molar-refractivity contribution in [3.63, 3.8) is 0 Å². The first-order valence-electron chi connectivity index (χ1n) is 8.69. The van der Waals surface area contributed by atoms with E-state index in [1.807, 2.05) is 12.1 Å². The molecule has 1 aromatic heterocycles. The van der Waals surface area contributed by atoms with Gasteiger partial charge in [0.25, 0.3) is 0 Å². The second kappa shape index (κ2) is 8.12. The zero-order valence-corrected chi connectivity index (χ0v) is 16.3. The van der Waals surface area contributed by atoms with E-state index in [0.717, 1.165) is 29.7 Å². The maximum Gasteiger partial charge on any atom is 0.321 e. The van der Waals surface area contributed by atoms with E-state index < -0.39 is 10.0 Å². The zero-order valence-electron chi connectivity index (χ0n) is 15.5. The van der Waals surface area contributed by atoms with Crippen molar-refractivity contribution in [3.8, 4) is 0 Å². The molecule has 0 spiro atoms. The molecule has 9 heteroatoms. The van der Waals surface area contributed by atoms with Gasteiger partial charge in [0.15, 0.2) is 0 Å². The van der Waals surface area contributed by atoms with Crippen molar-refractivity contribution in [2.24, 2.45) is 0 Å². The SMILES string of the molecule is CN(C)S(=O)(=O)c1cccc(NC(=O)N2CCN(Cc3ccco3)CC2)c1. The number of furan rings is 1. The van der Waals surface area contributed by atoms with Crippen LogP contribution in [0.3, 0.4) is 0 Å². The van der Waals surface area contributed by atoms with Gasteiger partial charge in [0, 0.05) is 46.0 Å². The van der Waals surface area contributed by atoms with Gasteiger partial charge in [0.1, 0.15) is 5.76 Å². The van der Waals surface area contributed by atoms with Crippen molar-refractivity contribution in [3.05, 3.63) is 48.4 Å². The Morgan fingerprint density at radius 2 is 1.89 bits per heavy atom. The first-order chi connectivity index (χ1) is 12.9. The topological polar surface area (TPSA) is 86.1 Å². The van der Waals surface area contributed by atoms with E-state index in [1.54, 1.807) is 23.3 Å². The second-order valence-corrected chi connectivity index (χ2v) is 8.74. The number of benzene rings is 1. The van der Waals surface area contributed by atoms with Crippen molar-refractivity contribution in [2.75, 3.05) is 45.6 Å². The summed E-state index contributed by atoms with van der Waals surface area (Å²) in [6.07, 6.45) is 1.66. The van der Waals surface area contributed by atoms with Gasteiger partial charge in [-0.05, 0) is 30.3 Å². The number of nitrogens with one attached hydrogen (secondary N) is 1. The maximum atomic E-state index is 12.5. The van der Waals surface area contributed by atoms with Gasteiger partial charge in [-0.2, -0.15) is 0 Å². The molecule has 1 aliphatic rings. The minimum absolute atomic E-state index is 0.147. The molecular weight excluding hydrogens is 368 g/mol. The van der Waals surface area contributed by atoms with Gasteiger partial charge in [-0.25, -0.2) is 17.5 Å². The number of nitrogens with zero attached hydrogens (tertiary/aromatic N) is 3. The molecule has 0 radical (unpaired) electrons. The summed E-state index contributed by atoms with van der Waals surface area (Å²) in [5.74, 6) is 0.909. The monoisotopic (exact) mass is 392 g/mol. The molecule has 1 saturated heterocycles. The van der Waals surface area contributed by atoms with Crippen LogP contribution in [0.2, 0.25) is 0 Å². The summed E-state index contributed by atoms with van der Waals surface area (Å²) < 4.78 is 31.0. The maximum absolute atomic E-state index is 12.5. The van der Waals surface area contributed by atoms with Gasteiger partial charge < -0.3 is 14.6 Å². The fourth-order valence-electron chi connectivity index (χ4n) is 2.88. The lowest BCUT2D eigenvalue weighted by atomic mass is 10.3. The van der Waals surface area contributed by atoms with Crippen LogP contribution < -0.4 is 5.32 Å². The smallest absolute Gasteiger partial charge is 0.321 e. The van der Waals surface area contributed by atoms with Crippen molar-refractivity contribution in [1.82, 2.24) is 14.1 Å². The van der Waals surface area contributed by atoms with E-state index in [0.29, 0.717) is 18.8 Å². The van der Waals surface area contributed by atoms with Gasteiger partial charge in [0.2, 0.25) is 10.0 Å². The minimum atomic E-state index is -3.54. The van der Waals surface area contributed by atoms with E-state index in [2.05, 4.69) is 10.2 Å². The van der Waals surface area contributed by atoms with Gasteiger partial charge in [-0.15, -0.1) is 0 Å². The van der Waals surface area contributed by atoms with Crippen LogP contribution in [-0.4, -0.2) is 68.8 Å². The molecule has 1 aliphatic heterocycles. The molecule has 0 bridgehead atoms. The average molecular weight is 392 g/mol. The molecule has 1 fully saturated rings. The number of carbonyl (C=O) groups excluding carboxylic acids is 1. The summed E-state index contributed by atoms with van der Waals surface area (Å²) in [7, 11) is -0.589. The number of rotatable bonds is 5. The first-order valence-corrected chi connectivity index (χ1v) is 10.1. The van der Waals surface area contributed by atoms with Crippen LogP contribution in [0.1, 0.15) is 5.76 Å². The Hall–Kier alpha value is -2.36. The third kappa shape index (κ3) is 4.68. The molecular formula is C18H24N4O4S. The minimum Gasteiger partial charge on any atom is -0.468 e. The fraction of sp³-hybridized carbons (Fsp3) is 0.389. The molecule has 0 unspecified atom stereocenters. The molecule has 27 heavy (non-hydrogen) atoms. The number of sulfonamides is 1. The highest BCUT2D eigenvalue weighted by Gasteiger charge is 2.22. The zero-order chi connectivity index (χ0) is 19.4. The fourth-order valence-corrected chi connectivity index (χ4v) is 3.83. The summed E-state index contributed by atoms with van der Waals surface area (Å²) in [5.41, 5.74) is 0.459. The summed E-state index contributed by atoms with van der Waals surface area (Å²) in [4.78, 5) is 16.6. The lowest BCUT2D eigenvalue weighted by Crippen LogP contribution is -2.49. The molecule has 1 aromatic carbocycles. The molecule has 2 heterocycles. The molecule has 2 aromatic rings. The summed E-state index contributed by atoms with van der Waals surface area (Å²) in [5, 5.41) is 2.79. The van der Waals surface area contributed by atoms with E-state index in [4.69, 9.17) is 4.42 Å². The predicted molar refractivity (Wildman–Crippen MR) is 102 cm³/mol. The Balaban J connectivity index is 1.57. The molecule has 0 atom stereocenters. The van der Waals surface area contributed by atoms with Gasteiger partial charge in [-0.3, -0.25) is 4.90 Å². The third-order valence-electron chi connectivity index (χ3n) is 4.48. The van der Waals surface area contributed by atoms with Crippen molar-refractivity contribution < 1.29 is 17.6 Å². The molecule has 0 aliphatic carbocycles. The van der Waals surface area contributed by atoms with E-state index >= 15 is 0 Å². The molecule has 8 nitrogen and oxygen atoms in total. The van der Waals surface area contributed by atoms with Crippen LogP contribution in [0.4, 0.5) is 10.5 Å².